The van der Waals surface area contributed by atoms with Crippen LogP contribution in [0.1, 0.15) is 17.5 Å². The van der Waals surface area contributed by atoms with Gasteiger partial charge in [-0.05, 0) is 23.3 Å². The second-order valence-corrected chi connectivity index (χ2v) is 5.14. The average molecular weight is 303 g/mol. The van der Waals surface area contributed by atoms with Crippen molar-refractivity contribution in [3.05, 3.63) is 82.9 Å². The van der Waals surface area contributed by atoms with Crippen LogP contribution in [0.15, 0.2) is 71.7 Å². The monoisotopic (exact) mass is 302 g/mol. The molecule has 1 unspecified atom stereocenters. The third-order valence-electron chi connectivity index (χ3n) is 3.01. The minimum atomic E-state index is -1.01. The number of halogens is 1. The minimum Gasteiger partial charge on any atom is -0.380 e. The molecule has 0 spiro atoms. The summed E-state index contributed by atoms with van der Waals surface area (Å²) < 4.78 is 1.00. The molecule has 2 aromatic rings. The predicted molar refractivity (Wildman–Crippen MR) is 78.4 cm³/mol. The Labute approximate surface area is 116 Å². The quantitative estimate of drug-likeness (QED) is 0.837. The van der Waals surface area contributed by atoms with Gasteiger partial charge in [-0.3, -0.25) is 0 Å². The van der Waals surface area contributed by atoms with E-state index in [2.05, 4.69) is 22.5 Å². The normalized spacial score (nSPS) is 13.9. The lowest BCUT2D eigenvalue weighted by Crippen LogP contribution is -2.26. The van der Waals surface area contributed by atoms with E-state index < -0.39 is 5.60 Å². The van der Waals surface area contributed by atoms with Gasteiger partial charge in [-0.1, -0.05) is 64.5 Å². The molecule has 0 saturated carbocycles. The minimum absolute atomic E-state index is 0.485. The molecule has 92 valence electrons. The first-order valence-corrected chi connectivity index (χ1v) is 6.61. The van der Waals surface area contributed by atoms with Gasteiger partial charge in [0.25, 0.3) is 0 Å². The molecule has 0 bridgehead atoms. The average Bonchev–Trinajstić information content (AvgIpc) is 2.40. The van der Waals surface area contributed by atoms with Crippen molar-refractivity contribution in [1.82, 2.24) is 0 Å². The molecule has 1 atom stereocenters. The summed E-state index contributed by atoms with van der Waals surface area (Å²) in [5.74, 6) is 0. The summed E-state index contributed by atoms with van der Waals surface area (Å²) in [5, 5.41) is 11.0. The SMILES string of the molecule is C=CCC(O)(c1ccccc1)c1ccc(Br)cc1. The van der Waals surface area contributed by atoms with Crippen molar-refractivity contribution in [1.29, 1.82) is 0 Å². The van der Waals surface area contributed by atoms with Crippen LogP contribution in [0.5, 0.6) is 0 Å². The third kappa shape index (κ3) is 2.55. The number of aliphatic hydroxyl groups is 1. The highest BCUT2D eigenvalue weighted by atomic mass is 79.9. The van der Waals surface area contributed by atoms with Crippen molar-refractivity contribution in [2.45, 2.75) is 12.0 Å². The second-order valence-electron chi connectivity index (χ2n) is 4.23. The lowest BCUT2D eigenvalue weighted by atomic mass is 9.84. The first-order valence-electron chi connectivity index (χ1n) is 5.81. The van der Waals surface area contributed by atoms with Gasteiger partial charge in [-0.2, -0.15) is 0 Å². The maximum Gasteiger partial charge on any atom is 0.118 e. The molecule has 0 amide bonds. The Bertz CT molecular complexity index is 519. The molecule has 0 aliphatic carbocycles. The molecule has 0 aliphatic rings. The molecule has 18 heavy (non-hydrogen) atoms. The van der Waals surface area contributed by atoms with Crippen LogP contribution in [0.25, 0.3) is 0 Å². The molecular formula is C16H15BrO. The molecule has 0 fully saturated rings. The molecule has 0 heterocycles. The summed E-state index contributed by atoms with van der Waals surface area (Å²) in [4.78, 5) is 0. The zero-order valence-electron chi connectivity index (χ0n) is 10.0. The molecule has 2 heteroatoms. The van der Waals surface area contributed by atoms with Gasteiger partial charge in [0.1, 0.15) is 5.60 Å². The number of hydrogen-bond acceptors (Lipinski definition) is 1. The van der Waals surface area contributed by atoms with Crippen LogP contribution in [0.2, 0.25) is 0 Å². The van der Waals surface area contributed by atoms with Gasteiger partial charge in [0.2, 0.25) is 0 Å². The third-order valence-corrected chi connectivity index (χ3v) is 3.54. The summed E-state index contributed by atoms with van der Waals surface area (Å²) in [5.41, 5.74) is 0.744. The lowest BCUT2D eigenvalue weighted by Gasteiger charge is -2.28. The molecule has 2 aromatic carbocycles. The molecule has 0 radical (unpaired) electrons. The topological polar surface area (TPSA) is 20.2 Å². The van der Waals surface area contributed by atoms with E-state index >= 15 is 0 Å². The predicted octanol–water partition coefficient (Wildman–Crippen LogP) is 4.26. The first-order chi connectivity index (χ1) is 8.66. The Morgan fingerprint density at radius 3 is 2.11 bits per heavy atom. The van der Waals surface area contributed by atoms with Crippen molar-refractivity contribution in [3.8, 4) is 0 Å². The zero-order valence-corrected chi connectivity index (χ0v) is 11.6. The largest absolute Gasteiger partial charge is 0.380 e. The molecule has 1 N–H and O–H groups in total. The van der Waals surface area contributed by atoms with Gasteiger partial charge >= 0.3 is 0 Å². The Kier molecular flexibility index (Phi) is 4.00. The molecule has 2 rings (SSSR count). The fraction of sp³-hybridized carbons (Fsp3) is 0.125. The first kappa shape index (κ1) is 13.1. The van der Waals surface area contributed by atoms with Crippen LogP contribution in [0.3, 0.4) is 0 Å². The summed E-state index contributed by atoms with van der Waals surface area (Å²) in [6.07, 6.45) is 2.23. The van der Waals surface area contributed by atoms with E-state index in [4.69, 9.17) is 0 Å². The van der Waals surface area contributed by atoms with Crippen LogP contribution in [0, 0.1) is 0 Å². The Morgan fingerprint density at radius 1 is 1.00 bits per heavy atom. The maximum absolute atomic E-state index is 11.0. The molecular weight excluding hydrogens is 288 g/mol. The van der Waals surface area contributed by atoms with Crippen LogP contribution >= 0.6 is 15.9 Å². The molecule has 1 nitrogen and oxygen atoms in total. The Hall–Kier alpha value is -1.38. The molecule has 0 aromatic heterocycles. The summed E-state index contributed by atoms with van der Waals surface area (Å²) in [7, 11) is 0. The second kappa shape index (κ2) is 5.51. The highest BCUT2D eigenvalue weighted by Crippen LogP contribution is 2.33. The standard InChI is InChI=1S/C16H15BrO/c1-2-12-16(18,13-6-4-3-5-7-13)14-8-10-15(17)11-9-14/h2-11,18H,1,12H2. The van der Waals surface area contributed by atoms with Gasteiger partial charge in [-0.25, -0.2) is 0 Å². The Morgan fingerprint density at radius 2 is 1.56 bits per heavy atom. The van der Waals surface area contributed by atoms with E-state index in [1.807, 2.05) is 54.6 Å². The highest BCUT2D eigenvalue weighted by molar-refractivity contribution is 9.10. The zero-order chi connectivity index (χ0) is 13.0. The van der Waals surface area contributed by atoms with Gasteiger partial charge in [0.05, 0.1) is 0 Å². The number of hydrogen-bond donors (Lipinski definition) is 1. The van der Waals surface area contributed by atoms with Crippen LogP contribution in [-0.4, -0.2) is 5.11 Å². The van der Waals surface area contributed by atoms with Crippen molar-refractivity contribution in [3.63, 3.8) is 0 Å². The van der Waals surface area contributed by atoms with Crippen LogP contribution in [0.4, 0.5) is 0 Å². The highest BCUT2D eigenvalue weighted by Gasteiger charge is 2.29. The molecule has 0 aliphatic heterocycles. The van der Waals surface area contributed by atoms with E-state index in [-0.39, 0.29) is 0 Å². The summed E-state index contributed by atoms with van der Waals surface area (Å²) in [6.45, 7) is 3.74. The number of rotatable bonds is 4. The van der Waals surface area contributed by atoms with E-state index in [0.29, 0.717) is 6.42 Å². The fourth-order valence-electron chi connectivity index (χ4n) is 2.05. The van der Waals surface area contributed by atoms with Gasteiger partial charge < -0.3 is 5.11 Å². The van der Waals surface area contributed by atoms with Gasteiger partial charge in [-0.15, -0.1) is 6.58 Å². The van der Waals surface area contributed by atoms with Crippen LogP contribution in [-0.2, 0) is 5.60 Å². The van der Waals surface area contributed by atoms with Crippen molar-refractivity contribution in [2.24, 2.45) is 0 Å². The van der Waals surface area contributed by atoms with Crippen molar-refractivity contribution < 1.29 is 5.11 Å². The molecule has 0 saturated heterocycles. The van der Waals surface area contributed by atoms with Gasteiger partial charge in [0, 0.05) is 10.9 Å². The van der Waals surface area contributed by atoms with Crippen molar-refractivity contribution >= 4 is 15.9 Å². The lowest BCUT2D eigenvalue weighted by molar-refractivity contribution is 0.0842. The maximum atomic E-state index is 11.0. The Balaban J connectivity index is 2.50. The van der Waals surface area contributed by atoms with E-state index in [1.54, 1.807) is 6.08 Å². The van der Waals surface area contributed by atoms with E-state index in [9.17, 15) is 5.11 Å². The fourth-order valence-corrected chi connectivity index (χ4v) is 2.32. The van der Waals surface area contributed by atoms with E-state index in [0.717, 1.165) is 15.6 Å². The summed E-state index contributed by atoms with van der Waals surface area (Å²) in [6, 6.07) is 17.4. The smallest absolute Gasteiger partial charge is 0.118 e. The van der Waals surface area contributed by atoms with Crippen molar-refractivity contribution in [2.75, 3.05) is 0 Å². The van der Waals surface area contributed by atoms with Gasteiger partial charge in [0.15, 0.2) is 0 Å². The summed E-state index contributed by atoms with van der Waals surface area (Å²) >= 11 is 3.41. The number of benzene rings is 2. The van der Waals surface area contributed by atoms with E-state index in [1.165, 1.54) is 0 Å². The van der Waals surface area contributed by atoms with Crippen LogP contribution < -0.4 is 0 Å².